The molecule has 0 radical (unpaired) electrons. The summed E-state index contributed by atoms with van der Waals surface area (Å²) in [6.07, 6.45) is -1.74. The molecule has 3 aromatic rings. The third-order valence-electron chi connectivity index (χ3n) is 4.19. The maximum Gasteiger partial charge on any atom is 0.333 e. The summed E-state index contributed by atoms with van der Waals surface area (Å²) < 4.78 is 4.73. The van der Waals surface area contributed by atoms with E-state index in [2.05, 4.69) is 5.43 Å². The minimum Gasteiger partial charge on any atom is -0.508 e. The van der Waals surface area contributed by atoms with Crippen molar-refractivity contribution < 1.29 is 29.4 Å². The third kappa shape index (κ3) is 5.34. The maximum atomic E-state index is 12.2. The molecule has 0 saturated carbocycles. The van der Waals surface area contributed by atoms with Crippen molar-refractivity contribution in [3.05, 3.63) is 76.3 Å². The second-order valence-electron chi connectivity index (χ2n) is 6.50. The number of aliphatic hydroxyl groups is 1. The van der Waals surface area contributed by atoms with Crippen molar-refractivity contribution in [1.29, 1.82) is 0 Å². The van der Waals surface area contributed by atoms with Crippen molar-refractivity contribution in [2.24, 2.45) is 0 Å². The summed E-state index contributed by atoms with van der Waals surface area (Å²) in [5.74, 6) is -2.36. The molecule has 10 heteroatoms. The number of aromatic hydroxyl groups is 1. The van der Waals surface area contributed by atoms with E-state index >= 15 is 0 Å². The third-order valence-corrected chi connectivity index (χ3v) is 4.19. The molecule has 1 unspecified atom stereocenters. The van der Waals surface area contributed by atoms with Gasteiger partial charge in [0.1, 0.15) is 5.75 Å². The van der Waals surface area contributed by atoms with Crippen molar-refractivity contribution in [1.82, 2.24) is 15.6 Å². The monoisotopic (exact) mass is 413 g/mol. The van der Waals surface area contributed by atoms with Crippen LogP contribution >= 0.6 is 0 Å². The topological polar surface area (TPSA) is 156 Å². The minimum atomic E-state index is -1.74. The predicted octanol–water partition coefficient (Wildman–Crippen LogP) is 0.933. The van der Waals surface area contributed by atoms with E-state index in [-0.39, 0.29) is 18.1 Å². The van der Waals surface area contributed by atoms with E-state index < -0.39 is 30.1 Å². The van der Waals surface area contributed by atoms with Gasteiger partial charge < -0.3 is 19.8 Å². The quantitative estimate of drug-likeness (QED) is 0.342. The highest BCUT2D eigenvalue weighted by atomic mass is 16.5. The lowest BCUT2D eigenvalue weighted by molar-refractivity contribution is -0.148. The normalized spacial score (nSPS) is 11.9. The molecule has 0 aliphatic rings. The molecule has 0 saturated heterocycles. The summed E-state index contributed by atoms with van der Waals surface area (Å²) in [4.78, 5) is 34.4. The highest BCUT2D eigenvalue weighted by molar-refractivity contribution is 5.90. The van der Waals surface area contributed by atoms with E-state index in [0.717, 1.165) is 17.2 Å². The molecule has 1 aromatic heterocycles. The van der Waals surface area contributed by atoms with Crippen LogP contribution in [-0.2, 0) is 11.3 Å². The fraction of sp³-hybridized carbons (Fsp3) is 0.150. The van der Waals surface area contributed by atoms with Crippen LogP contribution in [0.15, 0.2) is 63.9 Å². The van der Waals surface area contributed by atoms with Crippen LogP contribution in [0.5, 0.6) is 5.75 Å². The van der Waals surface area contributed by atoms with Gasteiger partial charge in [0.25, 0.3) is 5.56 Å². The number of hydrazine groups is 1. The maximum absolute atomic E-state index is 12.2. The second kappa shape index (κ2) is 9.07. The first kappa shape index (κ1) is 20.8. The van der Waals surface area contributed by atoms with Gasteiger partial charge in [-0.05, 0) is 28.8 Å². The molecule has 1 atom stereocenters. The Morgan fingerprint density at radius 2 is 1.83 bits per heavy atom. The summed E-state index contributed by atoms with van der Waals surface area (Å²) >= 11 is 0. The van der Waals surface area contributed by atoms with Gasteiger partial charge in [0, 0.05) is 6.54 Å². The van der Waals surface area contributed by atoms with E-state index in [4.69, 9.17) is 9.63 Å². The number of nitrogens with zero attached hydrogens (tertiary/aromatic N) is 1. The van der Waals surface area contributed by atoms with Gasteiger partial charge in [-0.1, -0.05) is 36.4 Å². The molecular formula is C20H19N3O7. The number of aliphatic hydroxyl groups excluding tert-OH is 1. The Labute approximate surface area is 169 Å². The van der Waals surface area contributed by atoms with Crippen molar-refractivity contribution >= 4 is 11.9 Å². The van der Waals surface area contributed by atoms with Crippen molar-refractivity contribution in [3.8, 4) is 16.9 Å². The summed E-state index contributed by atoms with van der Waals surface area (Å²) in [7, 11) is 0. The number of aromatic amines is 1. The molecule has 0 bridgehead atoms. The van der Waals surface area contributed by atoms with Crippen LogP contribution in [0.2, 0.25) is 0 Å². The smallest absolute Gasteiger partial charge is 0.333 e. The number of H-pyrrole nitrogens is 1. The van der Waals surface area contributed by atoms with Crippen LogP contribution in [0, 0.1) is 0 Å². The van der Waals surface area contributed by atoms with Crippen LogP contribution in [-0.4, -0.2) is 50.0 Å². The Morgan fingerprint density at radius 1 is 1.10 bits per heavy atom. The van der Waals surface area contributed by atoms with E-state index in [9.17, 15) is 24.6 Å². The fourth-order valence-corrected chi connectivity index (χ4v) is 2.74. The molecule has 5 N–H and O–H groups in total. The number of phenols is 1. The number of carboxylic acids is 1. The zero-order chi connectivity index (χ0) is 21.7. The summed E-state index contributed by atoms with van der Waals surface area (Å²) in [6, 6.07) is 14.9. The number of benzene rings is 2. The standard InChI is InChI=1S/C20H19N3O7/c24-15-3-1-2-14(8-15)13-6-4-12(5-7-13)10-23(11-16(25)20(28)29)21-19(27)17-9-18(26)22-30-17/h1-9,16,24-25H,10-11H2,(H,21,27)(H,22,26)(H,28,29). The van der Waals surface area contributed by atoms with Gasteiger partial charge in [0.15, 0.2) is 6.10 Å². The van der Waals surface area contributed by atoms with Crippen molar-refractivity contribution in [3.63, 3.8) is 0 Å². The molecule has 10 nitrogen and oxygen atoms in total. The first-order chi connectivity index (χ1) is 14.3. The number of aliphatic carboxylic acids is 1. The first-order valence-electron chi connectivity index (χ1n) is 8.85. The zero-order valence-electron chi connectivity index (χ0n) is 15.6. The lowest BCUT2D eigenvalue weighted by Gasteiger charge is -2.24. The molecule has 1 heterocycles. The molecule has 1 amide bonds. The molecule has 156 valence electrons. The van der Waals surface area contributed by atoms with E-state index in [1.807, 2.05) is 23.4 Å². The number of hydrogen-bond donors (Lipinski definition) is 5. The second-order valence-corrected chi connectivity index (χ2v) is 6.50. The number of carboxylic acid groups (broad SMARTS) is 1. The summed E-state index contributed by atoms with van der Waals surface area (Å²) in [5.41, 5.74) is 4.20. The van der Waals surface area contributed by atoms with Crippen LogP contribution in [0.1, 0.15) is 16.1 Å². The molecule has 30 heavy (non-hydrogen) atoms. The van der Waals surface area contributed by atoms with Crippen molar-refractivity contribution in [2.75, 3.05) is 6.54 Å². The van der Waals surface area contributed by atoms with Crippen LogP contribution < -0.4 is 11.0 Å². The summed E-state index contributed by atoms with van der Waals surface area (Å²) in [5, 5.41) is 31.4. The predicted molar refractivity (Wildman–Crippen MR) is 104 cm³/mol. The molecule has 0 aliphatic heterocycles. The number of amides is 1. The molecule has 0 spiro atoms. The average molecular weight is 413 g/mol. The molecule has 0 fully saturated rings. The van der Waals surface area contributed by atoms with Gasteiger partial charge in [0.2, 0.25) is 5.76 Å². The minimum absolute atomic E-state index is 0.0745. The fourth-order valence-electron chi connectivity index (χ4n) is 2.74. The lowest BCUT2D eigenvalue weighted by atomic mass is 10.0. The lowest BCUT2D eigenvalue weighted by Crippen LogP contribution is -2.47. The van der Waals surface area contributed by atoms with Crippen molar-refractivity contribution in [2.45, 2.75) is 12.6 Å². The van der Waals surface area contributed by atoms with Crippen LogP contribution in [0.4, 0.5) is 0 Å². The molecule has 0 aliphatic carbocycles. The number of nitrogens with one attached hydrogen (secondary N) is 2. The highest BCUT2D eigenvalue weighted by Crippen LogP contribution is 2.23. The Balaban J connectivity index is 1.75. The van der Waals surface area contributed by atoms with E-state index in [1.54, 1.807) is 30.3 Å². The van der Waals surface area contributed by atoms with E-state index in [1.165, 1.54) is 5.01 Å². The summed E-state index contributed by atoms with van der Waals surface area (Å²) in [6.45, 7) is -0.324. The van der Waals surface area contributed by atoms with E-state index in [0.29, 0.717) is 5.56 Å². The van der Waals surface area contributed by atoms with Gasteiger partial charge in [-0.3, -0.25) is 15.0 Å². The molecule has 2 aromatic carbocycles. The number of carbonyl (C=O) groups excluding carboxylic acids is 1. The number of phenolic OH excluding ortho intramolecular Hbond substituents is 1. The number of rotatable bonds is 8. The Kier molecular flexibility index (Phi) is 6.30. The Morgan fingerprint density at radius 3 is 2.43 bits per heavy atom. The van der Waals surface area contributed by atoms with Crippen LogP contribution in [0.3, 0.4) is 0 Å². The molecular weight excluding hydrogens is 394 g/mol. The largest absolute Gasteiger partial charge is 0.508 e. The van der Waals surface area contributed by atoms with Gasteiger partial charge in [-0.2, -0.15) is 5.16 Å². The Hall–Kier alpha value is -3.89. The van der Waals surface area contributed by atoms with Gasteiger partial charge in [-0.15, -0.1) is 0 Å². The van der Waals surface area contributed by atoms with Gasteiger partial charge in [-0.25, -0.2) is 9.80 Å². The zero-order valence-corrected chi connectivity index (χ0v) is 15.6. The van der Waals surface area contributed by atoms with Gasteiger partial charge >= 0.3 is 11.9 Å². The average Bonchev–Trinajstić information content (AvgIpc) is 3.15. The first-order valence-corrected chi connectivity index (χ1v) is 8.85. The van der Waals surface area contributed by atoms with Gasteiger partial charge in [0.05, 0.1) is 12.6 Å². The molecule has 3 rings (SSSR count). The number of hydrogen-bond acceptors (Lipinski definition) is 7. The van der Waals surface area contributed by atoms with Crippen LogP contribution in [0.25, 0.3) is 11.1 Å². The number of aromatic nitrogens is 1. The SMILES string of the molecule is O=C(NN(Cc1ccc(-c2cccc(O)c2)cc1)CC(O)C(=O)O)c1cc(=O)[nH]o1. The highest BCUT2D eigenvalue weighted by Gasteiger charge is 2.22. The Bertz CT molecular complexity index is 1090. The number of carbonyl (C=O) groups is 2.